The lowest BCUT2D eigenvalue weighted by Crippen LogP contribution is -2.43. The van der Waals surface area contributed by atoms with E-state index in [9.17, 15) is 31.1 Å². The number of nitrogens with zero attached hydrogens (tertiary/aromatic N) is 1. The molecule has 0 aliphatic carbocycles. The van der Waals surface area contributed by atoms with Crippen LogP contribution in [-0.4, -0.2) is 69.8 Å². The van der Waals surface area contributed by atoms with E-state index in [4.69, 9.17) is 9.59 Å². The summed E-state index contributed by atoms with van der Waals surface area (Å²) in [6, 6.07) is 4.62. The molecule has 1 aromatic rings. The van der Waals surface area contributed by atoms with Gasteiger partial charge in [0.25, 0.3) is 5.91 Å². The summed E-state index contributed by atoms with van der Waals surface area (Å²) in [5, 5.41) is 4.22. The van der Waals surface area contributed by atoms with Crippen molar-refractivity contribution in [3.8, 4) is 5.75 Å². The van der Waals surface area contributed by atoms with Crippen LogP contribution in [0.15, 0.2) is 24.3 Å². The zero-order valence-electron chi connectivity index (χ0n) is 17.1. The summed E-state index contributed by atoms with van der Waals surface area (Å²) in [6.07, 6.45) is -7.68. The Balaban J connectivity index is 0.00000227. The summed E-state index contributed by atoms with van der Waals surface area (Å²) in [5.41, 5.74) is 0.213. The van der Waals surface area contributed by atoms with Crippen LogP contribution in [0.4, 0.5) is 26.3 Å². The third-order valence-electron chi connectivity index (χ3n) is 4.36. The van der Waals surface area contributed by atoms with Gasteiger partial charge in [0.1, 0.15) is 19.3 Å². The summed E-state index contributed by atoms with van der Waals surface area (Å²) in [6.45, 7) is 5.81. The van der Waals surface area contributed by atoms with Crippen molar-refractivity contribution in [2.24, 2.45) is 5.92 Å². The van der Waals surface area contributed by atoms with Gasteiger partial charge >= 0.3 is 12.7 Å². The zero-order valence-corrected chi connectivity index (χ0v) is 17.1. The second-order valence-corrected chi connectivity index (χ2v) is 6.49. The first-order valence-electron chi connectivity index (χ1n) is 9.28. The fourth-order valence-electron chi connectivity index (χ4n) is 2.92. The summed E-state index contributed by atoms with van der Waals surface area (Å²) in [7, 11) is 0. The molecule has 1 amide bonds. The van der Waals surface area contributed by atoms with Gasteiger partial charge in [-0.25, -0.2) is 5.32 Å². The summed E-state index contributed by atoms with van der Waals surface area (Å²) in [4.78, 5) is 30.0. The number of benzene rings is 1. The summed E-state index contributed by atoms with van der Waals surface area (Å²) in [5.74, 6) is -0.615. The predicted molar refractivity (Wildman–Crippen MR) is 103 cm³/mol. The predicted octanol–water partition coefficient (Wildman–Crippen LogP) is 2.77. The highest BCUT2D eigenvalue weighted by molar-refractivity contribution is 5.94. The van der Waals surface area contributed by atoms with Crippen LogP contribution < -0.4 is 15.4 Å². The lowest BCUT2D eigenvalue weighted by atomic mass is 9.96. The number of piperidine rings is 1. The highest BCUT2D eigenvalue weighted by Gasteiger charge is 2.31. The molecular weight excluding hydrogens is 448 g/mol. The topological polar surface area (TPSA) is 87.7 Å². The minimum Gasteiger partial charge on any atom is -0.406 e. The molecule has 0 spiro atoms. The van der Waals surface area contributed by atoms with Crippen LogP contribution in [0.1, 0.15) is 23.2 Å². The van der Waals surface area contributed by atoms with Gasteiger partial charge < -0.3 is 24.5 Å². The van der Waals surface area contributed by atoms with E-state index < -0.39 is 24.3 Å². The Morgan fingerprint density at radius 3 is 2.00 bits per heavy atom. The van der Waals surface area contributed by atoms with Crippen molar-refractivity contribution in [2.75, 3.05) is 32.7 Å². The molecule has 1 heterocycles. The highest BCUT2D eigenvalue weighted by Crippen LogP contribution is 2.23. The Morgan fingerprint density at radius 1 is 1.00 bits per heavy atom. The number of halogens is 6. The van der Waals surface area contributed by atoms with Crippen LogP contribution in [0.2, 0.25) is 0 Å². The average molecular weight is 473 g/mol. The maximum atomic E-state index is 12.1. The van der Waals surface area contributed by atoms with Gasteiger partial charge in [0.05, 0.1) is 0 Å². The number of carbonyl (C=O) groups excluding carboxylic acids is 3. The molecule has 7 nitrogen and oxygen atoms in total. The van der Waals surface area contributed by atoms with Crippen molar-refractivity contribution in [3.63, 3.8) is 0 Å². The minimum absolute atomic E-state index is 0.168. The Morgan fingerprint density at radius 2 is 1.53 bits per heavy atom. The molecule has 0 aromatic heterocycles. The van der Waals surface area contributed by atoms with Crippen LogP contribution in [0, 0.1) is 5.92 Å². The molecule has 1 aromatic carbocycles. The maximum absolute atomic E-state index is 12.1. The number of ether oxygens (including phenoxy) is 1. The van der Waals surface area contributed by atoms with Crippen molar-refractivity contribution in [3.05, 3.63) is 29.8 Å². The summed E-state index contributed by atoms with van der Waals surface area (Å²) < 4.78 is 76.3. The molecule has 32 heavy (non-hydrogen) atoms. The molecule has 13 heteroatoms. The molecule has 2 N–H and O–H groups in total. The number of carbonyl (C=O) groups is 3. The van der Waals surface area contributed by atoms with E-state index in [1.807, 2.05) is 18.5 Å². The largest absolute Gasteiger partial charge is 0.573 e. The molecule has 0 unspecified atom stereocenters. The third-order valence-corrected chi connectivity index (χ3v) is 4.36. The zero-order chi connectivity index (χ0) is 24.8. The number of nitrogens with one attached hydrogen (secondary N) is 2. The van der Waals surface area contributed by atoms with Gasteiger partial charge in [-0.05, 0) is 56.1 Å². The number of amides is 1. The van der Waals surface area contributed by atoms with Crippen molar-refractivity contribution in [1.29, 1.82) is 0 Å². The first-order valence-corrected chi connectivity index (χ1v) is 9.28. The van der Waals surface area contributed by atoms with Crippen molar-refractivity contribution >= 4 is 19.5 Å². The highest BCUT2D eigenvalue weighted by atomic mass is 19.4. The Labute approximate surface area is 181 Å². The second kappa shape index (κ2) is 14.4. The molecule has 1 aliphatic heterocycles. The number of hydrogen-bond donors (Lipinski definition) is 2. The van der Waals surface area contributed by atoms with E-state index >= 15 is 0 Å². The molecule has 2 rings (SSSR count). The molecule has 1 saturated heterocycles. The van der Waals surface area contributed by atoms with E-state index in [1.54, 1.807) is 0 Å². The van der Waals surface area contributed by atoms with Gasteiger partial charge in [0.15, 0.2) is 0 Å². The van der Waals surface area contributed by atoms with E-state index in [2.05, 4.69) is 10.1 Å². The van der Waals surface area contributed by atoms with E-state index in [1.165, 1.54) is 17.4 Å². The maximum Gasteiger partial charge on any atom is 0.573 e. The molecule has 182 valence electrons. The SMILES string of the molecule is C=O.C=O.O=C(NCC1CCN(CCNC(F)(F)F)CC1)c1ccc(OC(F)(F)F)cc1. The van der Waals surface area contributed by atoms with Gasteiger partial charge in [0, 0.05) is 25.2 Å². The number of rotatable bonds is 7. The molecule has 1 fully saturated rings. The van der Waals surface area contributed by atoms with Gasteiger partial charge in [-0.1, -0.05) is 0 Å². The van der Waals surface area contributed by atoms with Gasteiger partial charge in [-0.15, -0.1) is 13.2 Å². The number of alkyl halides is 6. The van der Waals surface area contributed by atoms with Crippen molar-refractivity contribution in [1.82, 2.24) is 15.5 Å². The Kier molecular flexibility index (Phi) is 13.2. The lowest BCUT2D eigenvalue weighted by Gasteiger charge is -2.32. The summed E-state index contributed by atoms with van der Waals surface area (Å²) >= 11 is 0. The molecule has 0 bridgehead atoms. The van der Waals surface area contributed by atoms with Crippen LogP contribution in [0.5, 0.6) is 5.75 Å². The van der Waals surface area contributed by atoms with Crippen molar-refractivity contribution < 1.29 is 45.5 Å². The molecular formula is C19H25F6N3O4. The standard InChI is InChI=1S/C17H21F6N3O2.2CH2O/c18-16(19,20)25-7-10-26-8-5-12(6-9-26)11-24-15(27)13-1-3-14(4-2-13)28-17(21,22)23;2*1-2/h1-4,12,25H,5-11H2,(H,24,27);2*1H2. The van der Waals surface area contributed by atoms with Crippen molar-refractivity contribution in [2.45, 2.75) is 25.5 Å². The molecule has 0 atom stereocenters. The smallest absolute Gasteiger partial charge is 0.406 e. The van der Waals surface area contributed by atoms with Crippen LogP contribution >= 0.6 is 0 Å². The number of hydrogen-bond acceptors (Lipinski definition) is 6. The monoisotopic (exact) mass is 473 g/mol. The minimum atomic E-state index is -4.79. The van der Waals surface area contributed by atoms with Crippen LogP contribution in [-0.2, 0) is 9.59 Å². The molecule has 0 radical (unpaired) electrons. The average Bonchev–Trinajstić information content (AvgIpc) is 2.74. The second-order valence-electron chi connectivity index (χ2n) is 6.49. The van der Waals surface area contributed by atoms with Gasteiger partial charge in [-0.3, -0.25) is 4.79 Å². The first kappa shape index (κ1) is 29.3. The molecule has 1 aliphatic rings. The lowest BCUT2D eigenvalue weighted by molar-refractivity contribution is -0.274. The van der Waals surface area contributed by atoms with E-state index in [-0.39, 0.29) is 18.0 Å². The Bertz CT molecular complexity index is 661. The Hall–Kier alpha value is -2.67. The van der Waals surface area contributed by atoms with Crippen LogP contribution in [0.25, 0.3) is 0 Å². The third kappa shape index (κ3) is 12.9. The normalized spacial score (nSPS) is 14.9. The first-order chi connectivity index (χ1) is 15.0. The molecule has 0 saturated carbocycles. The van der Waals surface area contributed by atoms with E-state index in [0.717, 1.165) is 25.0 Å². The van der Waals surface area contributed by atoms with Gasteiger partial charge in [0.2, 0.25) is 0 Å². The number of likely N-dealkylation sites (tertiary alicyclic amines) is 1. The fraction of sp³-hybridized carbons (Fsp3) is 0.526. The fourth-order valence-corrected chi connectivity index (χ4v) is 2.92. The van der Waals surface area contributed by atoms with Crippen LogP contribution in [0.3, 0.4) is 0 Å². The van der Waals surface area contributed by atoms with Gasteiger partial charge in [-0.2, -0.15) is 13.2 Å². The quantitative estimate of drug-likeness (QED) is 0.468. The van der Waals surface area contributed by atoms with E-state index in [0.29, 0.717) is 26.2 Å².